The van der Waals surface area contributed by atoms with Crippen molar-refractivity contribution in [1.82, 2.24) is 4.98 Å². The van der Waals surface area contributed by atoms with Crippen LogP contribution < -0.4 is 0 Å². The highest BCUT2D eigenvalue weighted by molar-refractivity contribution is 9.10. The molecular formula is C43H26Br2Cl3N. The molecular weight excluding hydrogens is 797 g/mol. The fraction of sp³-hybridized carbons (Fsp3) is 0.0233. The first-order valence-corrected chi connectivity index (χ1v) is 18.6. The maximum Gasteiger partial charge on any atom is 0.180 e. The second kappa shape index (κ2) is 13.5. The molecule has 6 heteroatoms. The van der Waals surface area contributed by atoms with Crippen molar-refractivity contribution in [2.45, 2.75) is 4.30 Å². The number of nitrogens with one attached hydrogen (secondary N) is 1. The molecule has 1 heterocycles. The van der Waals surface area contributed by atoms with Crippen molar-refractivity contribution in [2.75, 3.05) is 0 Å². The normalized spacial score (nSPS) is 11.6. The van der Waals surface area contributed by atoms with E-state index < -0.39 is 4.30 Å². The first-order valence-electron chi connectivity index (χ1n) is 15.7. The number of fused-ring (bicyclic) bond motifs is 9. The van der Waals surface area contributed by atoms with Crippen LogP contribution in [0, 0.1) is 0 Å². The zero-order valence-electron chi connectivity index (χ0n) is 25.8. The van der Waals surface area contributed by atoms with E-state index in [9.17, 15) is 0 Å². The van der Waals surface area contributed by atoms with Crippen LogP contribution in [0.4, 0.5) is 0 Å². The molecule has 1 nitrogen and oxygen atoms in total. The van der Waals surface area contributed by atoms with Gasteiger partial charge in [-0.25, -0.2) is 0 Å². The number of benzene rings is 8. The lowest BCUT2D eigenvalue weighted by molar-refractivity contribution is 1.54. The van der Waals surface area contributed by atoms with Gasteiger partial charge in [0.1, 0.15) is 0 Å². The standard InChI is InChI=1S/C42H25Br2N.CHCl3/c43-27-18-20-29-30-21-19-28(44)23-35(30)42-39(26-12-5-2-6-13-26)36(24-33(41(42)34(29)22-27)25-10-3-1-4-11-25)31-15-9-17-38-40(31)32-14-7-8-16-37(32)45-38;2-1(3)4/h1-24,45H;1H. The van der Waals surface area contributed by atoms with Crippen LogP contribution in [0.25, 0.3) is 87.5 Å². The van der Waals surface area contributed by atoms with Gasteiger partial charge in [0.2, 0.25) is 0 Å². The number of halogens is 5. The number of hydrogen-bond acceptors (Lipinski definition) is 0. The van der Waals surface area contributed by atoms with E-state index in [4.69, 9.17) is 34.8 Å². The minimum absolute atomic E-state index is 0.750. The molecule has 0 saturated heterocycles. The Labute approximate surface area is 315 Å². The van der Waals surface area contributed by atoms with Crippen LogP contribution in [-0.2, 0) is 0 Å². The summed E-state index contributed by atoms with van der Waals surface area (Å²) in [5.41, 5.74) is 9.60. The summed E-state index contributed by atoms with van der Waals surface area (Å²) >= 11 is 22.1. The first kappa shape index (κ1) is 32.4. The molecule has 1 aromatic heterocycles. The number of aromatic nitrogens is 1. The van der Waals surface area contributed by atoms with Crippen LogP contribution >= 0.6 is 66.7 Å². The van der Waals surface area contributed by atoms with Crippen molar-refractivity contribution < 1.29 is 0 Å². The molecule has 0 spiro atoms. The average Bonchev–Trinajstić information content (AvgIpc) is 3.50. The van der Waals surface area contributed by atoms with Gasteiger partial charge in [-0.2, -0.15) is 0 Å². The summed E-state index contributed by atoms with van der Waals surface area (Å²) in [4.78, 5) is 3.69. The fourth-order valence-electron chi connectivity index (χ4n) is 7.24. The number of aromatic amines is 1. The molecule has 0 unspecified atom stereocenters. The highest BCUT2D eigenvalue weighted by atomic mass is 79.9. The Balaban J connectivity index is 0.000000829. The minimum Gasteiger partial charge on any atom is -0.354 e. The lowest BCUT2D eigenvalue weighted by Gasteiger charge is -2.22. The summed E-state index contributed by atoms with van der Waals surface area (Å²) in [6.07, 6.45) is 0. The lowest BCUT2D eigenvalue weighted by Crippen LogP contribution is -1.95. The smallest absolute Gasteiger partial charge is 0.180 e. The quantitative estimate of drug-likeness (QED) is 0.135. The maximum absolute atomic E-state index is 4.81. The SMILES string of the molecule is Brc1ccc2c3ccc(Br)cc3c3c(-c4ccccc4)c(-c4cccc5[nH]c6ccccc6c45)cc(-c4ccccc4)c3c2c1.ClC(Cl)Cl. The summed E-state index contributed by atoms with van der Waals surface area (Å²) in [6, 6.07) is 52.9. The van der Waals surface area contributed by atoms with Gasteiger partial charge >= 0.3 is 0 Å². The van der Waals surface area contributed by atoms with E-state index in [1.807, 2.05) is 0 Å². The van der Waals surface area contributed by atoms with Crippen LogP contribution in [-0.4, -0.2) is 9.28 Å². The summed E-state index contributed by atoms with van der Waals surface area (Å²) in [5, 5.41) is 9.97. The van der Waals surface area contributed by atoms with E-state index in [0.29, 0.717) is 0 Å². The lowest BCUT2D eigenvalue weighted by atomic mass is 9.81. The Kier molecular flexibility index (Phi) is 8.90. The van der Waals surface area contributed by atoms with E-state index in [-0.39, 0.29) is 0 Å². The van der Waals surface area contributed by atoms with Crippen LogP contribution in [0.3, 0.4) is 0 Å². The van der Waals surface area contributed by atoms with Gasteiger partial charge in [-0.1, -0.05) is 170 Å². The highest BCUT2D eigenvalue weighted by Crippen LogP contribution is 2.51. The molecule has 49 heavy (non-hydrogen) atoms. The Morgan fingerprint density at radius 3 is 1.61 bits per heavy atom. The predicted molar refractivity (Wildman–Crippen MR) is 221 cm³/mol. The van der Waals surface area contributed by atoms with Gasteiger partial charge in [0.15, 0.2) is 4.30 Å². The number of alkyl halides is 3. The molecule has 0 aliphatic heterocycles. The zero-order valence-corrected chi connectivity index (χ0v) is 31.3. The number of hydrogen-bond donors (Lipinski definition) is 1. The van der Waals surface area contributed by atoms with Crippen LogP contribution in [0.15, 0.2) is 155 Å². The predicted octanol–water partition coefficient (Wildman–Crippen LogP) is 15.3. The summed E-state index contributed by atoms with van der Waals surface area (Å²) < 4.78 is 1.39. The van der Waals surface area contributed by atoms with Crippen LogP contribution in [0.5, 0.6) is 0 Å². The van der Waals surface area contributed by atoms with Gasteiger partial charge in [-0.15, -0.1) is 0 Å². The van der Waals surface area contributed by atoms with Gasteiger partial charge < -0.3 is 4.98 Å². The van der Waals surface area contributed by atoms with Crippen molar-refractivity contribution in [3.05, 3.63) is 155 Å². The van der Waals surface area contributed by atoms with Crippen molar-refractivity contribution in [3.63, 3.8) is 0 Å². The van der Waals surface area contributed by atoms with E-state index >= 15 is 0 Å². The number of rotatable bonds is 3. The molecule has 238 valence electrons. The largest absolute Gasteiger partial charge is 0.354 e. The van der Waals surface area contributed by atoms with E-state index in [1.54, 1.807) is 0 Å². The molecule has 1 N–H and O–H groups in total. The minimum atomic E-state index is -0.750. The topological polar surface area (TPSA) is 15.8 Å². The zero-order chi connectivity index (χ0) is 33.6. The number of para-hydroxylation sites is 1. The molecule has 0 bridgehead atoms. The molecule has 0 aliphatic rings. The maximum atomic E-state index is 4.81. The van der Waals surface area contributed by atoms with E-state index in [0.717, 1.165) is 20.0 Å². The molecule has 0 aliphatic carbocycles. The first-order chi connectivity index (χ1) is 23.9. The molecule has 0 radical (unpaired) electrons. The summed E-state index contributed by atoms with van der Waals surface area (Å²) in [6.45, 7) is 0. The second-order valence-corrected chi connectivity index (χ2v) is 15.7. The third-order valence-electron chi connectivity index (χ3n) is 9.09. The Morgan fingerprint density at radius 2 is 0.959 bits per heavy atom. The molecule has 0 fully saturated rings. The van der Waals surface area contributed by atoms with Crippen LogP contribution in [0.2, 0.25) is 0 Å². The number of H-pyrrole nitrogens is 1. The Hall–Kier alpha value is -3.83. The van der Waals surface area contributed by atoms with Crippen molar-refractivity contribution in [2.24, 2.45) is 0 Å². The molecule has 9 rings (SSSR count). The van der Waals surface area contributed by atoms with Gasteiger partial charge in [0.25, 0.3) is 0 Å². The van der Waals surface area contributed by atoms with Gasteiger partial charge in [0, 0.05) is 30.8 Å². The van der Waals surface area contributed by atoms with Gasteiger partial charge in [-0.3, -0.25) is 0 Å². The molecule has 9 aromatic rings. The molecule has 0 saturated carbocycles. The highest BCUT2D eigenvalue weighted by Gasteiger charge is 2.23. The van der Waals surface area contributed by atoms with Crippen molar-refractivity contribution >= 4 is 121 Å². The van der Waals surface area contributed by atoms with E-state index in [1.165, 1.54) is 76.5 Å². The Morgan fingerprint density at radius 1 is 0.408 bits per heavy atom. The Bertz CT molecular complexity index is 2670. The van der Waals surface area contributed by atoms with Crippen molar-refractivity contribution in [1.29, 1.82) is 0 Å². The van der Waals surface area contributed by atoms with Crippen LogP contribution in [0.1, 0.15) is 0 Å². The third-order valence-corrected chi connectivity index (χ3v) is 10.1. The molecule has 0 atom stereocenters. The fourth-order valence-corrected chi connectivity index (χ4v) is 7.96. The van der Waals surface area contributed by atoms with Crippen molar-refractivity contribution in [3.8, 4) is 33.4 Å². The average molecular weight is 823 g/mol. The van der Waals surface area contributed by atoms with E-state index in [2.05, 4.69) is 182 Å². The summed E-state index contributed by atoms with van der Waals surface area (Å²) in [7, 11) is 0. The second-order valence-electron chi connectivity index (χ2n) is 11.9. The third kappa shape index (κ3) is 5.92. The summed E-state index contributed by atoms with van der Waals surface area (Å²) in [5.74, 6) is 0. The molecule has 8 aromatic carbocycles. The molecule has 0 amide bonds. The monoisotopic (exact) mass is 819 g/mol. The van der Waals surface area contributed by atoms with Gasteiger partial charge in [-0.05, 0) is 108 Å². The van der Waals surface area contributed by atoms with Gasteiger partial charge in [0.05, 0.1) is 0 Å².